The fourth-order valence-electron chi connectivity index (χ4n) is 1.11. The monoisotopic (exact) mass is 320 g/mol. The van der Waals surface area contributed by atoms with Crippen LogP contribution in [0.15, 0.2) is 18.2 Å². The summed E-state index contributed by atoms with van der Waals surface area (Å²) in [6.45, 7) is 2.03. The van der Waals surface area contributed by atoms with E-state index < -0.39 is 27.3 Å². The van der Waals surface area contributed by atoms with Gasteiger partial charge < -0.3 is 0 Å². The fourth-order valence-corrected chi connectivity index (χ4v) is 1.11. The van der Waals surface area contributed by atoms with Crippen LogP contribution in [0, 0.1) is 11.6 Å². The minimum atomic E-state index is -5.84. The Bertz CT molecular complexity index is 525. The maximum absolute atomic E-state index is 12.9. The van der Waals surface area contributed by atoms with E-state index in [0.29, 0.717) is 12.0 Å². The van der Waals surface area contributed by atoms with Crippen LogP contribution in [0.4, 0.5) is 22.0 Å². The number of hydrogen-bond acceptors (Lipinski definition) is 2. The van der Waals surface area contributed by atoms with Crippen LogP contribution in [-0.4, -0.2) is 18.5 Å². The quantitative estimate of drug-likeness (QED) is 0.525. The lowest BCUT2D eigenvalue weighted by molar-refractivity contribution is -0.0510. The SMILES string of the molecule is CCCCc1cccc(F)c1F.O=S(=O)(O)C(F)(F)F. The molecule has 0 heterocycles. The van der Waals surface area contributed by atoms with Gasteiger partial charge in [-0.1, -0.05) is 25.5 Å². The van der Waals surface area contributed by atoms with Crippen LogP contribution in [0.1, 0.15) is 25.3 Å². The molecule has 0 saturated carbocycles. The largest absolute Gasteiger partial charge is 0.522 e. The van der Waals surface area contributed by atoms with Crippen molar-refractivity contribution in [1.82, 2.24) is 0 Å². The molecule has 0 spiro atoms. The summed E-state index contributed by atoms with van der Waals surface area (Å²) in [5.41, 5.74) is -5.05. The molecule has 9 heteroatoms. The third-order valence-electron chi connectivity index (χ3n) is 2.12. The second-order valence-electron chi connectivity index (χ2n) is 3.74. The first-order valence-corrected chi connectivity index (χ1v) is 6.91. The molecule has 0 atom stereocenters. The number of rotatable bonds is 3. The molecule has 0 aliphatic rings. The van der Waals surface area contributed by atoms with Gasteiger partial charge in [-0.05, 0) is 24.5 Å². The van der Waals surface area contributed by atoms with E-state index in [2.05, 4.69) is 0 Å². The van der Waals surface area contributed by atoms with Gasteiger partial charge in [0, 0.05) is 0 Å². The summed E-state index contributed by atoms with van der Waals surface area (Å²) in [4.78, 5) is 0. The highest BCUT2D eigenvalue weighted by Crippen LogP contribution is 2.20. The Kier molecular flexibility index (Phi) is 7.07. The van der Waals surface area contributed by atoms with Crippen LogP contribution in [0.3, 0.4) is 0 Å². The molecule has 0 saturated heterocycles. The maximum atomic E-state index is 12.9. The second-order valence-corrected chi connectivity index (χ2v) is 5.15. The zero-order valence-corrected chi connectivity index (χ0v) is 11.2. The van der Waals surface area contributed by atoms with Crippen LogP contribution in [0.5, 0.6) is 0 Å². The average Bonchev–Trinajstić information content (AvgIpc) is 2.29. The highest BCUT2D eigenvalue weighted by atomic mass is 32.2. The number of unbranched alkanes of at least 4 members (excludes halogenated alkanes) is 1. The lowest BCUT2D eigenvalue weighted by Gasteiger charge is -2.01. The van der Waals surface area contributed by atoms with E-state index in [-0.39, 0.29) is 0 Å². The Morgan fingerprint density at radius 3 is 2.10 bits per heavy atom. The van der Waals surface area contributed by atoms with Crippen molar-refractivity contribution < 1.29 is 34.9 Å². The summed E-state index contributed by atoms with van der Waals surface area (Å²) in [6.07, 6.45) is 2.52. The van der Waals surface area contributed by atoms with Gasteiger partial charge in [-0.2, -0.15) is 21.6 Å². The van der Waals surface area contributed by atoms with Crippen molar-refractivity contribution in [2.45, 2.75) is 31.7 Å². The van der Waals surface area contributed by atoms with Crippen molar-refractivity contribution in [3.05, 3.63) is 35.4 Å². The standard InChI is InChI=1S/C10H12F2.CHF3O3S/c1-2-3-5-8-6-4-7-9(11)10(8)12;2-1(3,4)8(5,6)7/h4,6-7H,2-3,5H2,1H3;(H,5,6,7). The predicted molar refractivity (Wildman–Crippen MR) is 62.6 cm³/mol. The zero-order valence-electron chi connectivity index (χ0n) is 10.4. The average molecular weight is 320 g/mol. The molecular formula is C11H13F5O3S. The van der Waals surface area contributed by atoms with Gasteiger partial charge in [0.2, 0.25) is 0 Å². The summed E-state index contributed by atoms with van der Waals surface area (Å²) in [5.74, 6) is -1.44. The molecule has 3 nitrogen and oxygen atoms in total. The van der Waals surface area contributed by atoms with E-state index in [1.54, 1.807) is 12.1 Å². The predicted octanol–water partition coefficient (Wildman–Crippen LogP) is 3.70. The minimum Gasteiger partial charge on any atom is -0.279 e. The zero-order chi connectivity index (χ0) is 16.0. The number of alkyl halides is 3. The van der Waals surface area contributed by atoms with Crippen LogP contribution in [0.25, 0.3) is 0 Å². The Balaban J connectivity index is 0.000000396. The van der Waals surface area contributed by atoms with Gasteiger partial charge >= 0.3 is 15.6 Å². The molecule has 1 rings (SSSR count). The molecule has 20 heavy (non-hydrogen) atoms. The molecule has 0 amide bonds. The maximum Gasteiger partial charge on any atom is 0.522 e. The van der Waals surface area contributed by atoms with Crippen LogP contribution >= 0.6 is 0 Å². The fraction of sp³-hybridized carbons (Fsp3) is 0.455. The Morgan fingerprint density at radius 1 is 1.20 bits per heavy atom. The molecule has 0 aliphatic carbocycles. The van der Waals surface area contributed by atoms with Crippen molar-refractivity contribution in [1.29, 1.82) is 0 Å². The lowest BCUT2D eigenvalue weighted by Crippen LogP contribution is -2.21. The molecule has 1 N–H and O–H groups in total. The second kappa shape index (κ2) is 7.53. The molecule has 0 aliphatic heterocycles. The van der Waals surface area contributed by atoms with Crippen molar-refractivity contribution in [2.75, 3.05) is 0 Å². The molecule has 0 aromatic heterocycles. The van der Waals surface area contributed by atoms with Crippen molar-refractivity contribution in [3.63, 3.8) is 0 Å². The summed E-state index contributed by atoms with van der Waals surface area (Å²) >= 11 is 0. The molecule has 0 fully saturated rings. The summed E-state index contributed by atoms with van der Waals surface area (Å²) in [6, 6.07) is 4.32. The normalized spacial score (nSPS) is 11.8. The molecule has 0 radical (unpaired) electrons. The first-order valence-electron chi connectivity index (χ1n) is 5.47. The molecule has 1 aromatic rings. The van der Waals surface area contributed by atoms with Gasteiger partial charge in [0.05, 0.1) is 0 Å². The van der Waals surface area contributed by atoms with Gasteiger partial charge in [-0.3, -0.25) is 4.55 Å². The van der Waals surface area contributed by atoms with Crippen LogP contribution in [0.2, 0.25) is 0 Å². The van der Waals surface area contributed by atoms with E-state index >= 15 is 0 Å². The first kappa shape index (κ1) is 18.8. The van der Waals surface area contributed by atoms with E-state index in [1.165, 1.54) is 0 Å². The number of benzene rings is 1. The Morgan fingerprint density at radius 2 is 1.70 bits per heavy atom. The van der Waals surface area contributed by atoms with Gasteiger partial charge in [-0.25, -0.2) is 8.78 Å². The summed E-state index contributed by atoms with van der Waals surface area (Å²) < 4.78 is 83.1. The molecule has 1 aromatic carbocycles. The summed E-state index contributed by atoms with van der Waals surface area (Å²) in [7, 11) is -5.84. The van der Waals surface area contributed by atoms with Gasteiger partial charge in [-0.15, -0.1) is 0 Å². The van der Waals surface area contributed by atoms with E-state index in [4.69, 9.17) is 13.0 Å². The van der Waals surface area contributed by atoms with Crippen molar-refractivity contribution in [2.24, 2.45) is 0 Å². The minimum absolute atomic E-state index is 0.483. The summed E-state index contributed by atoms with van der Waals surface area (Å²) in [5, 5.41) is 0. The molecule has 116 valence electrons. The number of halogens is 5. The van der Waals surface area contributed by atoms with Crippen LogP contribution in [-0.2, 0) is 16.5 Å². The third kappa shape index (κ3) is 6.29. The van der Waals surface area contributed by atoms with Crippen molar-refractivity contribution >= 4 is 10.1 Å². The number of aryl methyl sites for hydroxylation is 1. The Labute approximate surface area is 113 Å². The van der Waals surface area contributed by atoms with Gasteiger partial charge in [0.15, 0.2) is 11.6 Å². The Hall–Kier alpha value is -1.22. The molecule has 0 bridgehead atoms. The van der Waals surface area contributed by atoms with E-state index in [9.17, 15) is 22.0 Å². The highest BCUT2D eigenvalue weighted by Gasteiger charge is 2.44. The highest BCUT2D eigenvalue weighted by molar-refractivity contribution is 7.86. The molecular weight excluding hydrogens is 307 g/mol. The van der Waals surface area contributed by atoms with Crippen molar-refractivity contribution in [3.8, 4) is 0 Å². The first-order chi connectivity index (χ1) is 9.00. The topological polar surface area (TPSA) is 54.4 Å². The van der Waals surface area contributed by atoms with Crippen LogP contribution < -0.4 is 0 Å². The van der Waals surface area contributed by atoms with Gasteiger partial charge in [0.25, 0.3) is 0 Å². The smallest absolute Gasteiger partial charge is 0.279 e. The van der Waals surface area contributed by atoms with Gasteiger partial charge in [0.1, 0.15) is 0 Å². The molecule has 0 unspecified atom stereocenters. The van der Waals surface area contributed by atoms with E-state index in [0.717, 1.165) is 18.9 Å². The lowest BCUT2D eigenvalue weighted by atomic mass is 10.1. The number of hydrogen-bond donors (Lipinski definition) is 1. The third-order valence-corrected chi connectivity index (χ3v) is 2.71. The van der Waals surface area contributed by atoms with E-state index in [1.807, 2.05) is 6.92 Å².